The van der Waals surface area contributed by atoms with Gasteiger partial charge in [-0.05, 0) is 42.3 Å². The number of nitrogens with one attached hydrogen (secondary N) is 1. The number of sulfonamides is 1. The Hall–Kier alpha value is -3.69. The van der Waals surface area contributed by atoms with E-state index in [9.17, 15) is 22.7 Å². The molecule has 0 aliphatic heterocycles. The average molecular weight is 497 g/mol. The summed E-state index contributed by atoms with van der Waals surface area (Å²) in [4.78, 5) is 12.9. The topological polar surface area (TPSA) is 99.8 Å². The first-order valence-electron chi connectivity index (χ1n) is 11.0. The van der Waals surface area contributed by atoms with Crippen molar-refractivity contribution in [3.05, 3.63) is 78.1 Å². The van der Waals surface area contributed by atoms with Crippen molar-refractivity contribution in [1.29, 1.82) is 0 Å². The highest BCUT2D eigenvalue weighted by Crippen LogP contribution is 2.41. The molecule has 0 spiro atoms. The van der Waals surface area contributed by atoms with Gasteiger partial charge in [-0.15, -0.1) is 0 Å². The fraction of sp³-hybridized carbons (Fsp3) is 0.192. The number of amides is 1. The summed E-state index contributed by atoms with van der Waals surface area (Å²) in [6.45, 7) is -0.111. The van der Waals surface area contributed by atoms with Gasteiger partial charge < -0.3 is 14.8 Å². The van der Waals surface area contributed by atoms with E-state index in [1.807, 2.05) is 30.3 Å². The van der Waals surface area contributed by atoms with E-state index in [4.69, 9.17) is 4.42 Å². The number of benzene rings is 3. The summed E-state index contributed by atoms with van der Waals surface area (Å²) >= 11 is 0. The van der Waals surface area contributed by atoms with Crippen molar-refractivity contribution in [2.75, 3.05) is 30.8 Å². The number of anilines is 1. The molecule has 35 heavy (non-hydrogen) atoms. The maximum atomic E-state index is 13.5. The van der Waals surface area contributed by atoms with E-state index in [0.29, 0.717) is 27.8 Å². The molecule has 1 amide bonds. The number of aliphatic hydroxyl groups excluding tert-OH is 1. The van der Waals surface area contributed by atoms with Crippen molar-refractivity contribution in [2.24, 2.45) is 0 Å². The van der Waals surface area contributed by atoms with E-state index in [0.717, 1.165) is 11.8 Å². The highest BCUT2D eigenvalue weighted by Gasteiger charge is 2.27. The van der Waals surface area contributed by atoms with Gasteiger partial charge in [0.1, 0.15) is 17.2 Å². The van der Waals surface area contributed by atoms with Crippen LogP contribution in [0.3, 0.4) is 0 Å². The van der Waals surface area contributed by atoms with Crippen molar-refractivity contribution in [3.63, 3.8) is 0 Å². The second-order valence-electron chi connectivity index (χ2n) is 8.04. The third-order valence-corrected chi connectivity index (χ3v) is 6.82. The van der Waals surface area contributed by atoms with Crippen LogP contribution in [0.25, 0.3) is 33.4 Å². The SMILES string of the molecule is CNC(=O)c1c(-c2ccc(F)cc2)oc2cc(N(CCCO)S(C)(=O)=O)c(-c3ccccc3)cc12. The zero-order valence-electron chi connectivity index (χ0n) is 19.3. The second-order valence-corrected chi connectivity index (χ2v) is 9.94. The second kappa shape index (κ2) is 9.89. The van der Waals surface area contributed by atoms with Gasteiger partial charge in [-0.3, -0.25) is 9.10 Å². The van der Waals surface area contributed by atoms with Crippen LogP contribution in [-0.2, 0) is 10.0 Å². The number of halogens is 1. The summed E-state index contributed by atoms with van der Waals surface area (Å²) in [7, 11) is -2.21. The molecular weight excluding hydrogens is 471 g/mol. The molecule has 3 aromatic carbocycles. The molecular formula is C26H25FN2O5S. The lowest BCUT2D eigenvalue weighted by Crippen LogP contribution is -2.31. The van der Waals surface area contributed by atoms with Crippen LogP contribution in [-0.4, -0.2) is 45.9 Å². The van der Waals surface area contributed by atoms with Crippen LogP contribution in [0.2, 0.25) is 0 Å². The minimum atomic E-state index is -3.71. The maximum absolute atomic E-state index is 13.5. The fourth-order valence-electron chi connectivity index (χ4n) is 4.02. The van der Waals surface area contributed by atoms with Gasteiger partial charge in [0.05, 0.1) is 17.5 Å². The van der Waals surface area contributed by atoms with Crippen LogP contribution < -0.4 is 9.62 Å². The van der Waals surface area contributed by atoms with Crippen LogP contribution in [0.4, 0.5) is 10.1 Å². The molecule has 9 heteroatoms. The summed E-state index contributed by atoms with van der Waals surface area (Å²) in [6, 6.07) is 18.1. The molecule has 0 fully saturated rings. The fourth-order valence-corrected chi connectivity index (χ4v) is 4.99. The van der Waals surface area contributed by atoms with Crippen molar-refractivity contribution in [2.45, 2.75) is 6.42 Å². The summed E-state index contributed by atoms with van der Waals surface area (Å²) in [5.41, 5.74) is 2.76. The average Bonchev–Trinajstić information content (AvgIpc) is 3.22. The lowest BCUT2D eigenvalue weighted by atomic mass is 9.98. The number of rotatable bonds is 8. The van der Waals surface area contributed by atoms with Crippen molar-refractivity contribution in [3.8, 4) is 22.5 Å². The number of furan rings is 1. The standard InChI is InChI=1S/C26H25FN2O5S/c1-28-26(31)24-21-15-20(17-7-4-3-5-8-17)22(29(13-6-14-30)35(2,32)33)16-23(21)34-25(24)18-9-11-19(27)12-10-18/h3-5,7-12,15-16,30H,6,13-14H2,1-2H3,(H,28,31). The van der Waals surface area contributed by atoms with Gasteiger partial charge in [-0.1, -0.05) is 30.3 Å². The molecule has 0 bridgehead atoms. The first kappa shape index (κ1) is 24.4. The molecule has 4 rings (SSSR count). The quantitative estimate of drug-likeness (QED) is 0.376. The number of nitrogens with zero attached hydrogens (tertiary/aromatic N) is 1. The molecule has 7 nitrogen and oxygen atoms in total. The minimum absolute atomic E-state index is 0.0640. The molecule has 0 atom stereocenters. The Bertz CT molecular complexity index is 1470. The monoisotopic (exact) mass is 496 g/mol. The molecule has 1 heterocycles. The van der Waals surface area contributed by atoms with E-state index < -0.39 is 21.7 Å². The largest absolute Gasteiger partial charge is 0.455 e. The molecule has 1 aromatic heterocycles. The van der Waals surface area contributed by atoms with Gasteiger partial charge in [0.15, 0.2) is 0 Å². The summed E-state index contributed by atoms with van der Waals surface area (Å²) in [5.74, 6) is -0.570. The van der Waals surface area contributed by atoms with Crippen molar-refractivity contribution in [1.82, 2.24) is 5.32 Å². The van der Waals surface area contributed by atoms with Crippen molar-refractivity contribution >= 4 is 32.6 Å². The zero-order chi connectivity index (χ0) is 25.2. The normalized spacial score (nSPS) is 11.5. The Morgan fingerprint density at radius 3 is 2.34 bits per heavy atom. The van der Waals surface area contributed by atoms with E-state index in [-0.39, 0.29) is 30.9 Å². The predicted molar refractivity (Wildman–Crippen MR) is 134 cm³/mol. The molecule has 0 radical (unpaired) electrons. The van der Waals surface area contributed by atoms with Crippen LogP contribution in [0.1, 0.15) is 16.8 Å². The Kier molecular flexibility index (Phi) is 6.90. The Morgan fingerprint density at radius 2 is 1.74 bits per heavy atom. The smallest absolute Gasteiger partial charge is 0.255 e. The number of carbonyl (C=O) groups is 1. The molecule has 0 saturated heterocycles. The van der Waals surface area contributed by atoms with Crippen LogP contribution in [0.15, 0.2) is 71.1 Å². The number of carbonyl (C=O) groups excluding carboxylic acids is 1. The molecule has 0 unspecified atom stereocenters. The summed E-state index contributed by atoms with van der Waals surface area (Å²) in [5, 5.41) is 12.5. The maximum Gasteiger partial charge on any atom is 0.255 e. The molecule has 182 valence electrons. The van der Waals surface area contributed by atoms with Gasteiger partial charge in [-0.2, -0.15) is 0 Å². The lowest BCUT2D eigenvalue weighted by Gasteiger charge is -2.25. The summed E-state index contributed by atoms with van der Waals surface area (Å²) < 4.78 is 46.4. The first-order valence-corrected chi connectivity index (χ1v) is 12.8. The van der Waals surface area contributed by atoms with E-state index in [2.05, 4.69) is 5.32 Å². The van der Waals surface area contributed by atoms with Gasteiger partial charge in [0.2, 0.25) is 10.0 Å². The van der Waals surface area contributed by atoms with Gasteiger partial charge >= 0.3 is 0 Å². The van der Waals surface area contributed by atoms with Crippen LogP contribution in [0.5, 0.6) is 0 Å². The van der Waals surface area contributed by atoms with E-state index in [1.54, 1.807) is 12.1 Å². The molecule has 2 N–H and O–H groups in total. The van der Waals surface area contributed by atoms with Crippen LogP contribution in [0, 0.1) is 5.82 Å². The van der Waals surface area contributed by atoms with Gasteiger partial charge in [0.25, 0.3) is 5.91 Å². The first-order chi connectivity index (χ1) is 16.7. The molecule has 4 aromatic rings. The zero-order valence-corrected chi connectivity index (χ0v) is 20.1. The van der Waals surface area contributed by atoms with Crippen LogP contribution >= 0.6 is 0 Å². The van der Waals surface area contributed by atoms with E-state index >= 15 is 0 Å². The third kappa shape index (κ3) is 4.91. The molecule has 0 saturated carbocycles. The number of hydrogen-bond donors (Lipinski definition) is 2. The third-order valence-electron chi connectivity index (χ3n) is 5.64. The highest BCUT2D eigenvalue weighted by atomic mass is 32.2. The molecule has 0 aliphatic carbocycles. The van der Waals surface area contributed by atoms with Gasteiger partial charge in [0, 0.05) is 42.8 Å². The minimum Gasteiger partial charge on any atom is -0.455 e. The predicted octanol–water partition coefficient (Wildman–Crippen LogP) is 4.41. The Morgan fingerprint density at radius 1 is 1.06 bits per heavy atom. The number of fused-ring (bicyclic) bond motifs is 1. The van der Waals surface area contributed by atoms with Crippen molar-refractivity contribution < 1.29 is 27.1 Å². The number of hydrogen-bond acceptors (Lipinski definition) is 5. The summed E-state index contributed by atoms with van der Waals surface area (Å²) in [6.07, 6.45) is 1.34. The highest BCUT2D eigenvalue weighted by molar-refractivity contribution is 7.92. The Labute approximate surface area is 202 Å². The molecule has 0 aliphatic rings. The number of aliphatic hydroxyl groups is 1. The lowest BCUT2D eigenvalue weighted by molar-refractivity contribution is 0.0964. The van der Waals surface area contributed by atoms with E-state index in [1.165, 1.54) is 35.6 Å². The Balaban J connectivity index is 2.06. The van der Waals surface area contributed by atoms with Gasteiger partial charge in [-0.25, -0.2) is 12.8 Å².